The van der Waals surface area contributed by atoms with Crippen molar-refractivity contribution in [3.05, 3.63) is 41.7 Å². The topological polar surface area (TPSA) is 51.0 Å². The highest BCUT2D eigenvalue weighted by Crippen LogP contribution is 2.38. The van der Waals surface area contributed by atoms with Crippen molar-refractivity contribution in [3.63, 3.8) is 0 Å². The summed E-state index contributed by atoms with van der Waals surface area (Å²) >= 11 is 0. The van der Waals surface area contributed by atoms with Crippen LogP contribution in [0.15, 0.2) is 30.6 Å². The Morgan fingerprint density at radius 1 is 1.07 bits per heavy atom. The molecule has 156 valence electrons. The number of halogens is 8. The lowest BCUT2D eigenvalue weighted by Crippen LogP contribution is -2.58. The van der Waals surface area contributed by atoms with Crippen LogP contribution in [0.1, 0.15) is 12.5 Å². The Hall–Kier alpha value is -2.99. The van der Waals surface area contributed by atoms with Crippen LogP contribution in [-0.2, 0) is 17.1 Å². The van der Waals surface area contributed by atoms with Gasteiger partial charge in [0.1, 0.15) is 6.33 Å². The molecule has 0 spiro atoms. The lowest BCUT2D eigenvalue weighted by atomic mass is 10.0. The van der Waals surface area contributed by atoms with Crippen molar-refractivity contribution in [3.8, 4) is 11.4 Å². The first-order valence-electron chi connectivity index (χ1n) is 8.22. The van der Waals surface area contributed by atoms with E-state index < -0.39 is 65.8 Å². The summed E-state index contributed by atoms with van der Waals surface area (Å²) < 4.78 is 112. The molecule has 13 heteroatoms. The Morgan fingerprint density at radius 3 is 2.10 bits per heavy atom. The highest BCUT2D eigenvalue weighted by molar-refractivity contribution is 5.90. The van der Waals surface area contributed by atoms with E-state index in [1.807, 2.05) is 0 Å². The van der Waals surface area contributed by atoms with Gasteiger partial charge in [-0.3, -0.25) is 4.79 Å². The largest absolute Gasteiger partial charge is 0.416 e. The van der Waals surface area contributed by atoms with E-state index in [1.54, 1.807) is 0 Å². The average molecular weight is 427 g/mol. The molecule has 2 aromatic rings. The molecule has 1 aromatic carbocycles. The highest BCUT2D eigenvalue weighted by atomic mass is 19.4. The van der Waals surface area contributed by atoms with E-state index in [4.69, 9.17) is 1.37 Å². The van der Waals surface area contributed by atoms with Crippen LogP contribution in [0.5, 0.6) is 0 Å². The van der Waals surface area contributed by atoms with Gasteiger partial charge < -0.3 is 4.90 Å². The zero-order valence-corrected chi connectivity index (χ0v) is 14.0. The van der Waals surface area contributed by atoms with Crippen molar-refractivity contribution in [2.24, 2.45) is 0 Å². The molecule has 1 aliphatic heterocycles. The monoisotopic (exact) mass is 427 g/mol. The minimum atomic E-state index is -5.06. The lowest BCUT2D eigenvalue weighted by Gasteiger charge is -2.37. The van der Waals surface area contributed by atoms with Crippen LogP contribution in [0, 0.1) is 0 Å². The summed E-state index contributed by atoms with van der Waals surface area (Å²) in [5, 5.41) is 3.64. The van der Waals surface area contributed by atoms with Crippen LogP contribution in [0.3, 0.4) is 0 Å². The Labute approximate surface area is 158 Å². The number of carbonyl (C=O) groups excluding carboxylic acids is 1. The second kappa shape index (κ2) is 6.81. The predicted molar refractivity (Wildman–Crippen MR) is 82.3 cm³/mol. The molecule has 5 nitrogen and oxygen atoms in total. The Balaban J connectivity index is 1.89. The lowest BCUT2D eigenvalue weighted by molar-refractivity contribution is -0.160. The molecule has 0 atom stereocenters. The van der Waals surface area contributed by atoms with Crippen LogP contribution in [0.2, 0.25) is 0 Å². The summed E-state index contributed by atoms with van der Waals surface area (Å²) in [5.41, 5.74) is -3.71. The number of likely N-dealkylation sites (tertiary alicyclic amines) is 1. The second-order valence-electron chi connectivity index (χ2n) is 6.13. The summed E-state index contributed by atoms with van der Waals surface area (Å²) in [7, 11) is 0. The molecule has 1 amide bonds. The number of amides is 1. The van der Waals surface area contributed by atoms with Gasteiger partial charge >= 0.3 is 12.4 Å². The summed E-state index contributed by atoms with van der Waals surface area (Å²) in [6, 6.07) is 0.0206. The second-order valence-corrected chi connectivity index (χ2v) is 6.13. The first kappa shape index (κ1) is 19.3. The van der Waals surface area contributed by atoms with Gasteiger partial charge in [-0.25, -0.2) is 18.4 Å². The molecular weight excluding hydrogens is 416 g/mol. The Morgan fingerprint density at radius 2 is 1.62 bits per heavy atom. The average Bonchev–Trinajstić information content (AvgIpc) is 3.05. The van der Waals surface area contributed by atoms with Crippen molar-refractivity contribution in [2.45, 2.75) is 18.3 Å². The fourth-order valence-corrected chi connectivity index (χ4v) is 2.42. The molecule has 0 radical (unpaired) electrons. The van der Waals surface area contributed by atoms with Crippen molar-refractivity contribution >= 4 is 12.1 Å². The van der Waals surface area contributed by atoms with Crippen molar-refractivity contribution in [1.29, 1.82) is 0 Å². The minimum absolute atomic E-state index is 0.0518. The maximum atomic E-state index is 12.9. The SMILES string of the molecule is [2H]/C(=C/n1cnc(-c2cc(C(F)(F)F)cc(C(F)(F)F)c2)n1)C(=O)N1CC(F)(F)C1. The van der Waals surface area contributed by atoms with Gasteiger partial charge in [0.05, 0.1) is 25.6 Å². The molecule has 0 N–H and O–H groups in total. The standard InChI is InChI=1S/C16H10F8N4O/c17-14(18)6-27(7-14)12(29)1-2-28-8-25-13(26-28)9-3-10(15(19,20)21)5-11(4-9)16(22,23)24/h1-5,8H,6-7H2/b2-1-/i1D. The molecule has 3 rings (SSSR count). The predicted octanol–water partition coefficient (Wildman–Crippen LogP) is 3.93. The van der Waals surface area contributed by atoms with Crippen LogP contribution in [0.25, 0.3) is 17.6 Å². The van der Waals surface area contributed by atoms with Gasteiger partial charge in [-0.1, -0.05) is 0 Å². The molecule has 1 fully saturated rings. The quantitative estimate of drug-likeness (QED) is 0.551. The number of nitrogens with zero attached hydrogens (tertiary/aromatic N) is 4. The third kappa shape index (κ3) is 4.71. The fraction of sp³-hybridized carbons (Fsp3) is 0.312. The van der Waals surface area contributed by atoms with Gasteiger partial charge in [0, 0.05) is 17.8 Å². The van der Waals surface area contributed by atoms with E-state index in [-0.39, 0.29) is 6.07 Å². The van der Waals surface area contributed by atoms with Gasteiger partial charge in [0.25, 0.3) is 5.92 Å². The van der Waals surface area contributed by atoms with E-state index in [1.165, 1.54) is 0 Å². The normalized spacial score (nSPS) is 17.7. The molecule has 29 heavy (non-hydrogen) atoms. The first-order valence-corrected chi connectivity index (χ1v) is 7.72. The van der Waals surface area contributed by atoms with Gasteiger partial charge in [-0.2, -0.15) is 26.3 Å². The number of carbonyl (C=O) groups is 1. The summed E-state index contributed by atoms with van der Waals surface area (Å²) in [4.78, 5) is 16.1. The van der Waals surface area contributed by atoms with E-state index in [0.29, 0.717) is 21.7 Å². The molecule has 0 aliphatic carbocycles. The summed E-state index contributed by atoms with van der Waals surface area (Å²) in [6.45, 7) is -1.73. The fourth-order valence-electron chi connectivity index (χ4n) is 2.42. The molecule has 1 aliphatic rings. The van der Waals surface area contributed by atoms with Crippen molar-refractivity contribution in [2.75, 3.05) is 13.1 Å². The molecule has 0 unspecified atom stereocenters. The van der Waals surface area contributed by atoms with Crippen molar-refractivity contribution in [1.82, 2.24) is 19.7 Å². The molecule has 1 saturated heterocycles. The van der Waals surface area contributed by atoms with E-state index >= 15 is 0 Å². The minimum Gasteiger partial charge on any atom is -0.327 e. The number of alkyl halides is 8. The Bertz CT molecular complexity index is 971. The van der Waals surface area contributed by atoms with Crippen LogP contribution in [-0.4, -0.2) is 44.6 Å². The smallest absolute Gasteiger partial charge is 0.327 e. The third-order valence-electron chi connectivity index (χ3n) is 3.81. The van der Waals surface area contributed by atoms with E-state index in [2.05, 4.69) is 10.1 Å². The van der Waals surface area contributed by atoms with E-state index in [0.717, 1.165) is 12.5 Å². The molecule has 0 saturated carbocycles. The number of hydrogen-bond acceptors (Lipinski definition) is 3. The first-order chi connectivity index (χ1) is 13.7. The highest BCUT2D eigenvalue weighted by Gasteiger charge is 2.45. The van der Waals surface area contributed by atoms with Crippen LogP contribution >= 0.6 is 0 Å². The maximum Gasteiger partial charge on any atom is 0.416 e. The number of rotatable bonds is 3. The van der Waals surface area contributed by atoms with Gasteiger partial charge in [0.15, 0.2) is 5.82 Å². The van der Waals surface area contributed by atoms with Crippen LogP contribution < -0.4 is 0 Å². The number of aromatic nitrogens is 3. The summed E-state index contributed by atoms with van der Waals surface area (Å²) in [5.74, 6) is -4.62. The summed E-state index contributed by atoms with van der Waals surface area (Å²) in [6.07, 6.45) is -8.53. The zero-order valence-electron chi connectivity index (χ0n) is 15.0. The van der Waals surface area contributed by atoms with Gasteiger partial charge in [-0.15, -0.1) is 5.10 Å². The zero-order chi connectivity index (χ0) is 22.5. The molecule has 2 heterocycles. The molecular formula is C16H10F8N4O. The molecule has 0 bridgehead atoms. The molecule has 1 aromatic heterocycles. The Kier molecular flexibility index (Phi) is 4.54. The maximum absolute atomic E-state index is 12.9. The third-order valence-corrected chi connectivity index (χ3v) is 3.81. The number of benzene rings is 1. The van der Waals surface area contributed by atoms with Gasteiger partial charge in [-0.05, 0) is 18.2 Å². The van der Waals surface area contributed by atoms with Crippen LogP contribution in [0.4, 0.5) is 35.1 Å². The van der Waals surface area contributed by atoms with E-state index in [9.17, 15) is 39.9 Å². The van der Waals surface area contributed by atoms with Crippen molar-refractivity contribution < 1.29 is 41.3 Å². The van der Waals surface area contributed by atoms with Gasteiger partial charge in [0.2, 0.25) is 5.91 Å². The number of hydrogen-bond donors (Lipinski definition) is 0.